The maximum atomic E-state index is 11.7. The number of aliphatic hydroxyl groups is 1. The molecule has 0 aromatic rings. The van der Waals surface area contributed by atoms with E-state index in [9.17, 15) is 9.90 Å². The maximum absolute atomic E-state index is 11.7. The molecular weight excluding hydrogens is 194 g/mol. The lowest BCUT2D eigenvalue weighted by Crippen LogP contribution is -2.43. The highest BCUT2D eigenvalue weighted by molar-refractivity contribution is 5.68. The molecule has 1 fully saturated rings. The normalized spacial score (nSPS) is 23.5. The van der Waals surface area contributed by atoms with E-state index in [2.05, 4.69) is 0 Å². The maximum Gasteiger partial charge on any atom is 0.412 e. The molecule has 15 heavy (non-hydrogen) atoms. The van der Waals surface area contributed by atoms with Gasteiger partial charge in [-0.05, 0) is 40.0 Å². The van der Waals surface area contributed by atoms with Crippen LogP contribution in [0.4, 0.5) is 4.79 Å². The number of ether oxygens (including phenoxy) is 1. The van der Waals surface area contributed by atoms with Gasteiger partial charge in [-0.3, -0.25) is 4.90 Å². The number of rotatable bonds is 0. The van der Waals surface area contributed by atoms with Gasteiger partial charge < -0.3 is 9.84 Å². The van der Waals surface area contributed by atoms with E-state index in [0.29, 0.717) is 13.0 Å². The van der Waals surface area contributed by atoms with Crippen molar-refractivity contribution in [2.24, 2.45) is 0 Å². The number of carbonyl (C=O) groups excluding carboxylic acids is 1. The molecule has 0 radical (unpaired) electrons. The molecule has 1 rings (SSSR count). The van der Waals surface area contributed by atoms with Crippen molar-refractivity contribution < 1.29 is 14.6 Å². The minimum Gasteiger partial charge on any atom is -0.444 e. The lowest BCUT2D eigenvalue weighted by molar-refractivity contribution is -0.0292. The number of carbonyl (C=O) groups is 1. The Bertz CT molecular complexity index is 222. The number of hydrogen-bond donors (Lipinski definition) is 1. The molecule has 4 heteroatoms. The van der Waals surface area contributed by atoms with Crippen molar-refractivity contribution in [3.8, 4) is 0 Å². The van der Waals surface area contributed by atoms with Gasteiger partial charge in [-0.25, -0.2) is 4.79 Å². The highest BCUT2D eigenvalue weighted by Gasteiger charge is 2.27. The summed E-state index contributed by atoms with van der Waals surface area (Å²) in [6, 6.07) is 0. The van der Waals surface area contributed by atoms with E-state index in [4.69, 9.17) is 4.74 Å². The Labute approximate surface area is 91.2 Å². The van der Waals surface area contributed by atoms with Crippen molar-refractivity contribution in [1.82, 2.24) is 4.90 Å². The van der Waals surface area contributed by atoms with Gasteiger partial charge in [0.1, 0.15) is 11.8 Å². The van der Waals surface area contributed by atoms with E-state index in [1.807, 2.05) is 20.8 Å². The van der Waals surface area contributed by atoms with Gasteiger partial charge in [0.15, 0.2) is 0 Å². The molecule has 1 aliphatic heterocycles. The van der Waals surface area contributed by atoms with Crippen LogP contribution in [0.5, 0.6) is 0 Å². The molecule has 88 valence electrons. The first-order chi connectivity index (χ1) is 6.90. The van der Waals surface area contributed by atoms with Crippen LogP contribution in [0.15, 0.2) is 0 Å². The van der Waals surface area contributed by atoms with Gasteiger partial charge in [-0.15, -0.1) is 0 Å². The fourth-order valence-electron chi connectivity index (χ4n) is 1.62. The zero-order valence-electron chi connectivity index (χ0n) is 9.82. The molecule has 0 aliphatic carbocycles. The number of nitrogens with zero attached hydrogens (tertiary/aromatic N) is 1. The van der Waals surface area contributed by atoms with Crippen LogP contribution in [0.3, 0.4) is 0 Å². The predicted molar refractivity (Wildman–Crippen MR) is 57.4 cm³/mol. The first kappa shape index (κ1) is 12.3. The summed E-state index contributed by atoms with van der Waals surface area (Å²) in [6.45, 7) is 6.08. The van der Waals surface area contributed by atoms with Crippen molar-refractivity contribution in [1.29, 1.82) is 0 Å². The summed E-state index contributed by atoms with van der Waals surface area (Å²) >= 11 is 0. The zero-order chi connectivity index (χ0) is 11.5. The molecule has 0 saturated carbocycles. The van der Waals surface area contributed by atoms with Crippen LogP contribution in [0.1, 0.15) is 46.5 Å². The quantitative estimate of drug-likeness (QED) is 0.673. The number of aliphatic hydroxyl groups excluding tert-OH is 1. The molecule has 1 unspecified atom stereocenters. The molecule has 0 bridgehead atoms. The Morgan fingerprint density at radius 2 is 2.00 bits per heavy atom. The van der Waals surface area contributed by atoms with Gasteiger partial charge in [0.2, 0.25) is 0 Å². The molecular formula is C11H21NO3. The van der Waals surface area contributed by atoms with E-state index in [0.717, 1.165) is 19.3 Å². The molecule has 1 atom stereocenters. The summed E-state index contributed by atoms with van der Waals surface area (Å²) in [5, 5.41) is 9.74. The standard InChI is InChI=1S/C11H21NO3/c1-11(2,3)15-10(14)12-8-6-4-5-7-9(12)13/h9,13H,4-8H2,1-3H3. The van der Waals surface area contributed by atoms with Crippen molar-refractivity contribution in [3.63, 3.8) is 0 Å². The van der Waals surface area contributed by atoms with Crippen LogP contribution in [0.2, 0.25) is 0 Å². The molecule has 0 aromatic carbocycles. The van der Waals surface area contributed by atoms with Gasteiger partial charge in [0.25, 0.3) is 0 Å². The number of likely N-dealkylation sites (tertiary alicyclic amines) is 1. The van der Waals surface area contributed by atoms with Crippen LogP contribution in [-0.2, 0) is 4.74 Å². The summed E-state index contributed by atoms with van der Waals surface area (Å²) in [6.07, 6.45) is 2.55. The zero-order valence-corrected chi connectivity index (χ0v) is 9.82. The van der Waals surface area contributed by atoms with Crippen LogP contribution in [0, 0.1) is 0 Å². The average molecular weight is 215 g/mol. The Kier molecular flexibility index (Phi) is 3.97. The predicted octanol–water partition coefficient (Wildman–Crippen LogP) is 2.12. The topological polar surface area (TPSA) is 49.8 Å². The molecule has 4 nitrogen and oxygen atoms in total. The van der Waals surface area contributed by atoms with Crippen LogP contribution >= 0.6 is 0 Å². The first-order valence-electron chi connectivity index (χ1n) is 5.58. The Hall–Kier alpha value is -0.770. The largest absolute Gasteiger partial charge is 0.444 e. The molecule has 1 N–H and O–H groups in total. The smallest absolute Gasteiger partial charge is 0.412 e. The second-order valence-electron chi connectivity index (χ2n) is 5.00. The third kappa shape index (κ3) is 4.08. The third-order valence-electron chi connectivity index (χ3n) is 2.35. The highest BCUT2D eigenvalue weighted by atomic mass is 16.6. The number of hydrogen-bond acceptors (Lipinski definition) is 3. The Balaban J connectivity index is 2.56. The van der Waals surface area contributed by atoms with Gasteiger partial charge in [0.05, 0.1) is 0 Å². The average Bonchev–Trinajstić information content (AvgIpc) is 2.26. The molecule has 1 amide bonds. The molecule has 1 aliphatic rings. The molecule has 0 aromatic heterocycles. The van der Waals surface area contributed by atoms with Gasteiger partial charge in [0, 0.05) is 6.54 Å². The van der Waals surface area contributed by atoms with Crippen LogP contribution in [0.25, 0.3) is 0 Å². The Morgan fingerprint density at radius 3 is 2.60 bits per heavy atom. The monoisotopic (exact) mass is 215 g/mol. The SMILES string of the molecule is CC(C)(C)OC(=O)N1CCCCCC1O. The van der Waals surface area contributed by atoms with Crippen molar-refractivity contribution in [2.75, 3.05) is 6.54 Å². The van der Waals surface area contributed by atoms with Gasteiger partial charge in [-0.1, -0.05) is 6.42 Å². The summed E-state index contributed by atoms with van der Waals surface area (Å²) in [5.74, 6) is 0. The lowest BCUT2D eigenvalue weighted by Gasteiger charge is -2.29. The minimum absolute atomic E-state index is 0.406. The minimum atomic E-state index is -0.678. The van der Waals surface area contributed by atoms with Crippen molar-refractivity contribution >= 4 is 6.09 Å². The first-order valence-corrected chi connectivity index (χ1v) is 5.58. The lowest BCUT2D eigenvalue weighted by atomic mass is 10.2. The van der Waals surface area contributed by atoms with E-state index in [1.54, 1.807) is 0 Å². The van der Waals surface area contributed by atoms with Crippen molar-refractivity contribution in [3.05, 3.63) is 0 Å². The van der Waals surface area contributed by atoms with E-state index in [-0.39, 0.29) is 0 Å². The van der Waals surface area contributed by atoms with Gasteiger partial charge >= 0.3 is 6.09 Å². The summed E-state index contributed by atoms with van der Waals surface area (Å²) in [4.78, 5) is 13.1. The Morgan fingerprint density at radius 1 is 1.33 bits per heavy atom. The fourth-order valence-corrected chi connectivity index (χ4v) is 1.62. The summed E-state index contributed by atoms with van der Waals surface area (Å²) in [7, 11) is 0. The molecule has 1 heterocycles. The van der Waals surface area contributed by atoms with Crippen LogP contribution < -0.4 is 0 Å². The van der Waals surface area contributed by atoms with Crippen LogP contribution in [-0.4, -0.2) is 34.5 Å². The highest BCUT2D eigenvalue weighted by Crippen LogP contribution is 2.18. The molecule has 1 saturated heterocycles. The molecule has 0 spiro atoms. The second kappa shape index (κ2) is 4.84. The van der Waals surface area contributed by atoms with E-state index >= 15 is 0 Å². The number of amides is 1. The fraction of sp³-hybridized carbons (Fsp3) is 0.909. The third-order valence-corrected chi connectivity index (χ3v) is 2.35. The summed E-state index contributed by atoms with van der Waals surface area (Å²) < 4.78 is 5.23. The van der Waals surface area contributed by atoms with E-state index in [1.165, 1.54) is 4.90 Å². The van der Waals surface area contributed by atoms with E-state index < -0.39 is 17.9 Å². The van der Waals surface area contributed by atoms with Gasteiger partial charge in [-0.2, -0.15) is 0 Å². The second-order valence-corrected chi connectivity index (χ2v) is 5.00. The summed E-state index contributed by atoms with van der Waals surface area (Å²) in [5.41, 5.74) is -0.497. The van der Waals surface area contributed by atoms with Crippen molar-refractivity contribution in [2.45, 2.75) is 58.3 Å².